The van der Waals surface area contributed by atoms with Gasteiger partial charge in [0.2, 0.25) is 5.89 Å². The maximum atomic E-state index is 11.1. The molecule has 1 heterocycles. The normalized spacial score (nSPS) is 14.7. The molecule has 0 fully saturated rings. The first-order chi connectivity index (χ1) is 8.37. The zero-order chi connectivity index (χ0) is 13.8. The monoisotopic (exact) mass is 255 g/mol. The van der Waals surface area contributed by atoms with Crippen LogP contribution in [0.3, 0.4) is 0 Å². The molecule has 0 saturated heterocycles. The molecule has 2 N–H and O–H groups in total. The second-order valence-corrected chi connectivity index (χ2v) is 5.05. The lowest BCUT2D eigenvalue weighted by Crippen LogP contribution is -2.48. The molecule has 0 aromatic carbocycles. The highest BCUT2D eigenvalue weighted by molar-refractivity contribution is 5.78. The van der Waals surface area contributed by atoms with Crippen molar-refractivity contribution in [1.82, 2.24) is 15.5 Å². The van der Waals surface area contributed by atoms with Crippen LogP contribution in [0.1, 0.15) is 45.8 Å². The molecule has 0 radical (unpaired) electrons. The van der Waals surface area contributed by atoms with Crippen LogP contribution in [-0.2, 0) is 17.8 Å². The predicted octanol–water partition coefficient (Wildman–Crippen LogP) is 1.61. The van der Waals surface area contributed by atoms with E-state index in [1.54, 1.807) is 6.92 Å². The third-order valence-electron chi connectivity index (χ3n) is 2.91. The minimum absolute atomic E-state index is 0.290. The fraction of sp³-hybridized carbons (Fsp3) is 0.750. The Morgan fingerprint density at radius 2 is 2.22 bits per heavy atom. The molecule has 6 nitrogen and oxygen atoms in total. The smallest absolute Gasteiger partial charge is 0.323 e. The SMILES string of the molecule is CCC(C)(NCc1noc(CC(C)C)n1)C(=O)O. The van der Waals surface area contributed by atoms with E-state index in [2.05, 4.69) is 29.3 Å². The van der Waals surface area contributed by atoms with Crippen molar-refractivity contribution in [3.05, 3.63) is 11.7 Å². The van der Waals surface area contributed by atoms with Crippen LogP contribution in [0.15, 0.2) is 4.52 Å². The molecular weight excluding hydrogens is 234 g/mol. The Balaban J connectivity index is 2.58. The van der Waals surface area contributed by atoms with Crippen LogP contribution < -0.4 is 5.32 Å². The summed E-state index contributed by atoms with van der Waals surface area (Å²) in [6.07, 6.45) is 1.22. The van der Waals surface area contributed by atoms with Gasteiger partial charge in [-0.25, -0.2) is 0 Å². The number of carboxylic acid groups (broad SMARTS) is 1. The molecule has 0 aliphatic carbocycles. The lowest BCUT2D eigenvalue weighted by molar-refractivity contribution is -0.144. The van der Waals surface area contributed by atoms with Gasteiger partial charge in [0.15, 0.2) is 5.82 Å². The zero-order valence-corrected chi connectivity index (χ0v) is 11.4. The minimum Gasteiger partial charge on any atom is -0.480 e. The highest BCUT2D eigenvalue weighted by Gasteiger charge is 2.30. The number of carboxylic acids is 1. The molecule has 0 aliphatic heterocycles. The lowest BCUT2D eigenvalue weighted by Gasteiger charge is -2.23. The number of aromatic nitrogens is 2. The van der Waals surface area contributed by atoms with Gasteiger partial charge < -0.3 is 9.63 Å². The van der Waals surface area contributed by atoms with Crippen LogP contribution in [0, 0.1) is 5.92 Å². The lowest BCUT2D eigenvalue weighted by atomic mass is 9.99. The number of rotatable bonds is 7. The van der Waals surface area contributed by atoms with Crippen molar-refractivity contribution >= 4 is 5.97 Å². The summed E-state index contributed by atoms with van der Waals surface area (Å²) in [6, 6.07) is 0. The number of hydrogen-bond donors (Lipinski definition) is 2. The Morgan fingerprint density at radius 1 is 1.56 bits per heavy atom. The van der Waals surface area contributed by atoms with Gasteiger partial charge in [-0.05, 0) is 19.3 Å². The third kappa shape index (κ3) is 3.80. The summed E-state index contributed by atoms with van der Waals surface area (Å²) < 4.78 is 5.09. The molecule has 1 aromatic rings. The standard InChI is InChI=1S/C12H21N3O3/c1-5-12(4,11(16)17)13-7-9-14-10(18-15-9)6-8(2)3/h8,13H,5-7H2,1-4H3,(H,16,17). The van der Waals surface area contributed by atoms with Gasteiger partial charge in [-0.2, -0.15) is 4.98 Å². The first kappa shape index (κ1) is 14.6. The average molecular weight is 255 g/mol. The molecule has 102 valence electrons. The van der Waals surface area contributed by atoms with Crippen LogP contribution in [0.5, 0.6) is 0 Å². The van der Waals surface area contributed by atoms with Gasteiger partial charge in [-0.15, -0.1) is 0 Å². The number of hydrogen-bond acceptors (Lipinski definition) is 5. The molecule has 6 heteroatoms. The number of carbonyl (C=O) groups is 1. The van der Waals surface area contributed by atoms with Crippen LogP contribution >= 0.6 is 0 Å². The van der Waals surface area contributed by atoms with Gasteiger partial charge in [0.05, 0.1) is 6.54 Å². The topological polar surface area (TPSA) is 88.3 Å². The summed E-state index contributed by atoms with van der Waals surface area (Å²) in [5, 5.41) is 15.9. The predicted molar refractivity (Wildman–Crippen MR) is 66.0 cm³/mol. The Hall–Kier alpha value is -1.43. The van der Waals surface area contributed by atoms with E-state index in [4.69, 9.17) is 9.63 Å². The summed E-state index contributed by atoms with van der Waals surface area (Å²) in [7, 11) is 0. The quantitative estimate of drug-likeness (QED) is 0.769. The van der Waals surface area contributed by atoms with E-state index in [0.717, 1.165) is 6.42 Å². The Labute approximate surface area is 107 Å². The van der Waals surface area contributed by atoms with Crippen molar-refractivity contribution in [3.8, 4) is 0 Å². The number of aliphatic carboxylic acids is 1. The molecule has 18 heavy (non-hydrogen) atoms. The highest BCUT2D eigenvalue weighted by atomic mass is 16.5. The third-order valence-corrected chi connectivity index (χ3v) is 2.91. The van der Waals surface area contributed by atoms with Gasteiger partial charge in [-0.1, -0.05) is 25.9 Å². The van der Waals surface area contributed by atoms with Crippen molar-refractivity contribution in [2.45, 2.75) is 52.6 Å². The van der Waals surface area contributed by atoms with Crippen LogP contribution in [0.2, 0.25) is 0 Å². The van der Waals surface area contributed by atoms with Crippen molar-refractivity contribution in [1.29, 1.82) is 0 Å². The van der Waals surface area contributed by atoms with Crippen molar-refractivity contribution in [2.75, 3.05) is 0 Å². The van der Waals surface area contributed by atoms with Gasteiger partial charge in [0.1, 0.15) is 5.54 Å². The van der Waals surface area contributed by atoms with E-state index in [9.17, 15) is 4.79 Å². The molecule has 1 atom stereocenters. The summed E-state index contributed by atoms with van der Waals surface area (Å²) in [5.41, 5.74) is -0.959. The van der Waals surface area contributed by atoms with E-state index in [-0.39, 0.29) is 6.54 Å². The summed E-state index contributed by atoms with van der Waals surface area (Å²) in [6.45, 7) is 7.89. The summed E-state index contributed by atoms with van der Waals surface area (Å²) in [4.78, 5) is 15.3. The fourth-order valence-corrected chi connectivity index (χ4v) is 1.42. The Kier molecular flexibility index (Phi) is 4.84. The minimum atomic E-state index is -0.959. The zero-order valence-electron chi connectivity index (χ0n) is 11.4. The van der Waals surface area contributed by atoms with Gasteiger partial charge >= 0.3 is 5.97 Å². The molecule has 0 amide bonds. The van der Waals surface area contributed by atoms with Gasteiger partial charge in [0.25, 0.3) is 0 Å². The Bertz CT molecular complexity index is 403. The molecule has 0 saturated carbocycles. The molecular formula is C12H21N3O3. The van der Waals surface area contributed by atoms with E-state index >= 15 is 0 Å². The first-order valence-electron chi connectivity index (χ1n) is 6.17. The van der Waals surface area contributed by atoms with E-state index in [0.29, 0.717) is 24.1 Å². The number of nitrogens with one attached hydrogen (secondary N) is 1. The van der Waals surface area contributed by atoms with Crippen LogP contribution in [-0.4, -0.2) is 26.8 Å². The second-order valence-electron chi connectivity index (χ2n) is 5.05. The summed E-state index contributed by atoms with van der Waals surface area (Å²) in [5.74, 6) is 0.656. The maximum Gasteiger partial charge on any atom is 0.323 e. The van der Waals surface area contributed by atoms with E-state index < -0.39 is 11.5 Å². The second kappa shape index (κ2) is 5.95. The average Bonchev–Trinajstić information content (AvgIpc) is 2.72. The maximum absolute atomic E-state index is 11.1. The van der Waals surface area contributed by atoms with Crippen LogP contribution in [0.25, 0.3) is 0 Å². The van der Waals surface area contributed by atoms with E-state index in [1.165, 1.54) is 0 Å². The molecule has 0 bridgehead atoms. The molecule has 0 aliphatic rings. The molecule has 1 aromatic heterocycles. The summed E-state index contributed by atoms with van der Waals surface area (Å²) >= 11 is 0. The fourth-order valence-electron chi connectivity index (χ4n) is 1.42. The van der Waals surface area contributed by atoms with E-state index in [1.807, 2.05) is 6.92 Å². The molecule has 1 rings (SSSR count). The largest absolute Gasteiger partial charge is 0.480 e. The number of nitrogens with zero attached hydrogens (tertiary/aromatic N) is 2. The van der Waals surface area contributed by atoms with Gasteiger partial charge in [-0.3, -0.25) is 10.1 Å². The first-order valence-corrected chi connectivity index (χ1v) is 6.17. The molecule has 0 spiro atoms. The van der Waals surface area contributed by atoms with Gasteiger partial charge in [0, 0.05) is 6.42 Å². The van der Waals surface area contributed by atoms with Crippen molar-refractivity contribution < 1.29 is 14.4 Å². The van der Waals surface area contributed by atoms with Crippen LogP contribution in [0.4, 0.5) is 0 Å². The van der Waals surface area contributed by atoms with Crippen molar-refractivity contribution in [2.24, 2.45) is 5.92 Å². The highest BCUT2D eigenvalue weighted by Crippen LogP contribution is 2.11. The molecule has 1 unspecified atom stereocenters. The Morgan fingerprint density at radius 3 is 2.72 bits per heavy atom. The van der Waals surface area contributed by atoms with Crippen molar-refractivity contribution in [3.63, 3.8) is 0 Å².